The van der Waals surface area contributed by atoms with Crippen molar-refractivity contribution in [2.24, 2.45) is 0 Å². The van der Waals surface area contributed by atoms with Crippen LogP contribution in [0, 0.1) is 0 Å². The smallest absolute Gasteiger partial charge is 0.234 e. The summed E-state index contributed by atoms with van der Waals surface area (Å²) in [6.45, 7) is 2.20. The molecule has 4 aromatic rings. The highest BCUT2D eigenvalue weighted by Crippen LogP contribution is 2.24. The van der Waals surface area contributed by atoms with Crippen LogP contribution in [-0.4, -0.2) is 39.6 Å². The number of hydrogen-bond acceptors (Lipinski definition) is 6. The summed E-state index contributed by atoms with van der Waals surface area (Å²) in [7, 11) is 0. The number of amides is 1. The Morgan fingerprint density at radius 1 is 0.941 bits per heavy atom. The SMILES string of the molecule is Nn1c(Cc2cccc3ccccc23)nnc1SCC(=O)Nc1ccc(N2CCCCC2)cc1. The van der Waals surface area contributed by atoms with Gasteiger partial charge in [-0.15, -0.1) is 10.2 Å². The molecule has 174 valence electrons. The van der Waals surface area contributed by atoms with Gasteiger partial charge in [-0.25, -0.2) is 4.68 Å². The number of aromatic nitrogens is 3. The van der Waals surface area contributed by atoms with E-state index in [9.17, 15) is 4.79 Å². The van der Waals surface area contributed by atoms with Crippen molar-refractivity contribution in [3.8, 4) is 0 Å². The predicted octanol–water partition coefficient (Wildman–Crippen LogP) is 4.46. The molecule has 0 unspecified atom stereocenters. The number of anilines is 2. The second-order valence-corrected chi connectivity index (χ2v) is 9.46. The molecule has 0 spiro atoms. The van der Waals surface area contributed by atoms with Crippen LogP contribution in [0.15, 0.2) is 71.9 Å². The number of rotatable bonds is 7. The predicted molar refractivity (Wildman–Crippen MR) is 139 cm³/mol. The Kier molecular flexibility index (Phi) is 6.67. The molecule has 5 rings (SSSR count). The van der Waals surface area contributed by atoms with E-state index in [1.54, 1.807) is 0 Å². The zero-order valence-corrected chi connectivity index (χ0v) is 19.8. The number of nitrogen functional groups attached to an aromatic ring is 1. The van der Waals surface area contributed by atoms with Gasteiger partial charge < -0.3 is 16.1 Å². The number of nitrogens with one attached hydrogen (secondary N) is 1. The van der Waals surface area contributed by atoms with Gasteiger partial charge in [-0.05, 0) is 59.9 Å². The summed E-state index contributed by atoms with van der Waals surface area (Å²) >= 11 is 1.28. The lowest BCUT2D eigenvalue weighted by atomic mass is 10.0. The molecule has 1 fully saturated rings. The number of fused-ring (bicyclic) bond motifs is 1. The van der Waals surface area contributed by atoms with E-state index in [4.69, 9.17) is 5.84 Å². The van der Waals surface area contributed by atoms with E-state index >= 15 is 0 Å². The fourth-order valence-corrected chi connectivity index (χ4v) is 5.05. The number of thioether (sulfide) groups is 1. The summed E-state index contributed by atoms with van der Waals surface area (Å²) in [5.74, 6) is 7.02. The summed E-state index contributed by atoms with van der Waals surface area (Å²) < 4.78 is 1.48. The molecule has 0 atom stereocenters. The third-order valence-electron chi connectivity index (χ3n) is 6.17. The fourth-order valence-electron chi connectivity index (χ4n) is 4.38. The zero-order chi connectivity index (χ0) is 23.3. The van der Waals surface area contributed by atoms with Crippen LogP contribution in [0.25, 0.3) is 10.8 Å². The van der Waals surface area contributed by atoms with Crippen LogP contribution >= 0.6 is 11.8 Å². The Morgan fingerprint density at radius 3 is 2.53 bits per heavy atom. The number of carbonyl (C=O) groups excluding carboxylic acids is 1. The average molecular weight is 473 g/mol. The standard InChI is InChI=1S/C26H28N6OS/c27-32-24(17-20-9-6-8-19-7-2-3-10-23(19)20)29-30-26(32)34-18-25(33)28-21-11-13-22(14-12-21)31-15-4-1-5-16-31/h2-3,6-14H,1,4-5,15-18,27H2,(H,28,33). The number of benzene rings is 3. The zero-order valence-electron chi connectivity index (χ0n) is 19.0. The summed E-state index contributed by atoms with van der Waals surface area (Å²) in [6, 6.07) is 22.5. The van der Waals surface area contributed by atoms with Crippen molar-refractivity contribution in [3.05, 3.63) is 78.1 Å². The molecule has 3 N–H and O–H groups in total. The van der Waals surface area contributed by atoms with Crippen molar-refractivity contribution in [3.63, 3.8) is 0 Å². The van der Waals surface area contributed by atoms with Gasteiger partial charge in [0.1, 0.15) is 0 Å². The Bertz CT molecular complexity index is 1270. The highest BCUT2D eigenvalue weighted by atomic mass is 32.2. The minimum absolute atomic E-state index is 0.102. The molecule has 3 aromatic carbocycles. The molecule has 0 aliphatic carbocycles. The molecule has 8 heteroatoms. The molecular formula is C26H28N6OS. The van der Waals surface area contributed by atoms with Crippen LogP contribution < -0.4 is 16.1 Å². The lowest BCUT2D eigenvalue weighted by Gasteiger charge is -2.28. The van der Waals surface area contributed by atoms with Gasteiger partial charge in [-0.3, -0.25) is 4.79 Å². The molecule has 1 aliphatic rings. The third kappa shape index (κ3) is 5.02. The first-order chi connectivity index (χ1) is 16.7. The van der Waals surface area contributed by atoms with Gasteiger partial charge in [0.2, 0.25) is 11.1 Å². The Labute approximate surface area is 203 Å². The molecule has 34 heavy (non-hydrogen) atoms. The van der Waals surface area contributed by atoms with E-state index in [0.717, 1.165) is 24.3 Å². The van der Waals surface area contributed by atoms with Crippen molar-refractivity contribution in [2.45, 2.75) is 30.8 Å². The van der Waals surface area contributed by atoms with Crippen LogP contribution in [-0.2, 0) is 11.2 Å². The molecule has 0 saturated carbocycles. The van der Waals surface area contributed by atoms with E-state index < -0.39 is 0 Å². The van der Waals surface area contributed by atoms with Gasteiger partial charge in [-0.1, -0.05) is 54.2 Å². The van der Waals surface area contributed by atoms with Crippen LogP contribution in [0.3, 0.4) is 0 Å². The van der Waals surface area contributed by atoms with E-state index in [1.807, 2.05) is 30.3 Å². The van der Waals surface area contributed by atoms with E-state index in [0.29, 0.717) is 17.4 Å². The summed E-state index contributed by atoms with van der Waals surface area (Å²) in [5, 5.41) is 14.3. The first-order valence-corrected chi connectivity index (χ1v) is 12.6. The van der Waals surface area contributed by atoms with Gasteiger partial charge in [-0.2, -0.15) is 0 Å². The number of piperidine rings is 1. The Morgan fingerprint density at radius 2 is 1.71 bits per heavy atom. The highest BCUT2D eigenvalue weighted by molar-refractivity contribution is 7.99. The summed E-state index contributed by atoms with van der Waals surface area (Å²) in [6.07, 6.45) is 4.36. The van der Waals surface area contributed by atoms with Crippen molar-refractivity contribution in [1.82, 2.24) is 14.9 Å². The number of nitrogens with two attached hydrogens (primary N) is 1. The molecule has 1 aromatic heterocycles. The average Bonchev–Trinajstić information content (AvgIpc) is 3.23. The number of nitrogens with zero attached hydrogens (tertiary/aromatic N) is 4. The number of hydrogen-bond donors (Lipinski definition) is 2. The molecular weight excluding hydrogens is 444 g/mol. The first kappa shape index (κ1) is 22.3. The normalized spacial score (nSPS) is 13.8. The molecule has 0 radical (unpaired) electrons. The number of carbonyl (C=O) groups is 1. The van der Waals surface area contributed by atoms with Gasteiger partial charge in [0.25, 0.3) is 0 Å². The minimum Gasteiger partial charge on any atom is -0.372 e. The lowest BCUT2D eigenvalue weighted by Crippen LogP contribution is -2.29. The third-order valence-corrected chi connectivity index (χ3v) is 7.11. The van der Waals surface area contributed by atoms with Crippen molar-refractivity contribution in [2.75, 3.05) is 34.9 Å². The van der Waals surface area contributed by atoms with Crippen LogP contribution in [0.1, 0.15) is 30.7 Å². The second-order valence-electron chi connectivity index (χ2n) is 8.52. The highest BCUT2D eigenvalue weighted by Gasteiger charge is 2.15. The quantitative estimate of drug-likeness (QED) is 0.305. The fraction of sp³-hybridized carbons (Fsp3) is 0.269. The van der Waals surface area contributed by atoms with Crippen LogP contribution in [0.2, 0.25) is 0 Å². The topological polar surface area (TPSA) is 89.1 Å². The van der Waals surface area contributed by atoms with E-state index in [-0.39, 0.29) is 11.7 Å². The Balaban J connectivity index is 1.17. The lowest BCUT2D eigenvalue weighted by molar-refractivity contribution is -0.113. The van der Waals surface area contributed by atoms with Crippen molar-refractivity contribution >= 4 is 39.8 Å². The molecule has 1 saturated heterocycles. The first-order valence-electron chi connectivity index (χ1n) is 11.6. The molecule has 1 amide bonds. The van der Waals surface area contributed by atoms with Crippen LogP contribution in [0.4, 0.5) is 11.4 Å². The summed E-state index contributed by atoms with van der Waals surface area (Å²) in [5.41, 5.74) is 3.14. The van der Waals surface area contributed by atoms with E-state index in [2.05, 4.69) is 56.8 Å². The Hall–Kier alpha value is -3.52. The maximum Gasteiger partial charge on any atom is 0.234 e. The molecule has 2 heterocycles. The van der Waals surface area contributed by atoms with Gasteiger partial charge >= 0.3 is 0 Å². The summed E-state index contributed by atoms with van der Waals surface area (Å²) in [4.78, 5) is 14.9. The largest absolute Gasteiger partial charge is 0.372 e. The molecule has 1 aliphatic heterocycles. The van der Waals surface area contributed by atoms with Gasteiger partial charge in [0.05, 0.1) is 5.75 Å². The van der Waals surface area contributed by atoms with Crippen molar-refractivity contribution in [1.29, 1.82) is 0 Å². The maximum absolute atomic E-state index is 12.5. The molecule has 0 bridgehead atoms. The van der Waals surface area contributed by atoms with Crippen molar-refractivity contribution < 1.29 is 4.79 Å². The van der Waals surface area contributed by atoms with Gasteiger partial charge in [0.15, 0.2) is 5.82 Å². The van der Waals surface area contributed by atoms with Crippen LogP contribution in [0.5, 0.6) is 0 Å². The van der Waals surface area contributed by atoms with E-state index in [1.165, 1.54) is 52.2 Å². The minimum atomic E-state index is -0.102. The second kappa shape index (κ2) is 10.2. The molecule has 7 nitrogen and oxygen atoms in total. The van der Waals surface area contributed by atoms with Gasteiger partial charge in [0, 0.05) is 30.9 Å². The monoisotopic (exact) mass is 472 g/mol. The maximum atomic E-state index is 12.5.